The van der Waals surface area contributed by atoms with Crippen LogP contribution >= 0.6 is 0 Å². The first kappa shape index (κ1) is 23.7. The van der Waals surface area contributed by atoms with Crippen LogP contribution in [0.5, 0.6) is 5.75 Å². The van der Waals surface area contributed by atoms with Gasteiger partial charge in [-0.2, -0.15) is 0 Å². The number of imidazole rings is 1. The van der Waals surface area contributed by atoms with E-state index in [2.05, 4.69) is 5.32 Å². The van der Waals surface area contributed by atoms with E-state index in [1.807, 2.05) is 35.8 Å². The molecule has 0 aliphatic carbocycles. The van der Waals surface area contributed by atoms with Gasteiger partial charge in [-0.25, -0.2) is 4.98 Å². The van der Waals surface area contributed by atoms with Crippen molar-refractivity contribution in [2.45, 2.75) is 26.5 Å². The van der Waals surface area contributed by atoms with Crippen molar-refractivity contribution < 1.29 is 23.8 Å². The molecule has 1 atom stereocenters. The number of carbonyl (C=O) groups is 2. The second-order valence-corrected chi connectivity index (χ2v) is 8.24. The maximum absolute atomic E-state index is 13.6. The Hall–Kier alpha value is -3.43. The zero-order valence-corrected chi connectivity index (χ0v) is 20.0. The monoisotopic (exact) mass is 466 g/mol. The summed E-state index contributed by atoms with van der Waals surface area (Å²) in [6.07, 6.45) is -0.180. The van der Waals surface area contributed by atoms with Gasteiger partial charge in [-0.3, -0.25) is 9.59 Å². The highest BCUT2D eigenvalue weighted by Crippen LogP contribution is 2.32. The molecule has 180 valence electrons. The number of nitrogens with zero attached hydrogens (tertiary/aromatic N) is 3. The Morgan fingerprint density at radius 1 is 1.26 bits per heavy atom. The van der Waals surface area contributed by atoms with Gasteiger partial charge in [-0.1, -0.05) is 12.1 Å². The van der Waals surface area contributed by atoms with Gasteiger partial charge in [0.05, 0.1) is 49.6 Å². The number of hydrogen-bond donors (Lipinski definition) is 1. The number of likely N-dealkylation sites (N-methyl/N-ethyl adjacent to an activating group) is 1. The first-order chi connectivity index (χ1) is 16.4. The minimum Gasteiger partial charge on any atom is -0.497 e. The number of anilines is 1. The fourth-order valence-corrected chi connectivity index (χ4v) is 4.23. The summed E-state index contributed by atoms with van der Waals surface area (Å²) in [5.74, 6) is 1.04. The smallest absolute Gasteiger partial charge is 0.255 e. The number of aromatic nitrogens is 2. The Labute approximate surface area is 198 Å². The van der Waals surface area contributed by atoms with E-state index >= 15 is 0 Å². The number of methoxy groups -OCH3 is 1. The number of rotatable bonds is 7. The van der Waals surface area contributed by atoms with Crippen molar-refractivity contribution in [2.75, 3.05) is 45.8 Å². The molecule has 2 heterocycles. The van der Waals surface area contributed by atoms with Crippen LogP contribution < -0.4 is 10.1 Å². The first-order valence-corrected chi connectivity index (χ1v) is 11.3. The average molecular weight is 467 g/mol. The predicted octanol–water partition coefficient (Wildman–Crippen LogP) is 3.18. The second kappa shape index (κ2) is 10.2. The van der Waals surface area contributed by atoms with Crippen LogP contribution in [0.4, 0.5) is 5.69 Å². The molecule has 0 spiro atoms. The molecule has 1 aliphatic rings. The van der Waals surface area contributed by atoms with Crippen molar-refractivity contribution >= 4 is 28.5 Å². The van der Waals surface area contributed by atoms with Gasteiger partial charge in [0.25, 0.3) is 5.91 Å². The number of carbonyl (C=O) groups excluding carboxylic acids is 2. The lowest BCUT2D eigenvalue weighted by molar-refractivity contribution is -0.114. The lowest BCUT2D eigenvalue weighted by atomic mass is 10.1. The maximum Gasteiger partial charge on any atom is 0.255 e. The van der Waals surface area contributed by atoms with Crippen molar-refractivity contribution in [3.05, 3.63) is 42.0 Å². The molecule has 4 rings (SSSR count). The molecular weight excluding hydrogens is 436 g/mol. The summed E-state index contributed by atoms with van der Waals surface area (Å²) in [4.78, 5) is 31.9. The molecule has 34 heavy (non-hydrogen) atoms. The van der Waals surface area contributed by atoms with E-state index < -0.39 is 0 Å². The number of nitrogens with one attached hydrogen (secondary N) is 1. The molecule has 1 fully saturated rings. The van der Waals surface area contributed by atoms with Crippen LogP contribution in [0.2, 0.25) is 0 Å². The van der Waals surface area contributed by atoms with Crippen LogP contribution in [0.1, 0.15) is 24.2 Å². The van der Waals surface area contributed by atoms with E-state index in [9.17, 15) is 9.59 Å². The molecule has 9 nitrogen and oxygen atoms in total. The number of hydrogen-bond acceptors (Lipinski definition) is 6. The Morgan fingerprint density at radius 3 is 2.76 bits per heavy atom. The summed E-state index contributed by atoms with van der Waals surface area (Å²) in [7, 11) is 3.36. The van der Waals surface area contributed by atoms with Crippen LogP contribution in [0, 0.1) is 0 Å². The molecule has 0 saturated carbocycles. The van der Waals surface area contributed by atoms with Crippen molar-refractivity contribution in [1.29, 1.82) is 0 Å². The highest BCUT2D eigenvalue weighted by molar-refractivity contribution is 6.08. The Morgan fingerprint density at radius 2 is 2.09 bits per heavy atom. The molecule has 1 aliphatic heterocycles. The van der Waals surface area contributed by atoms with E-state index in [0.717, 1.165) is 17.1 Å². The molecule has 1 N–H and O–H groups in total. The fourth-order valence-electron chi connectivity index (χ4n) is 4.23. The third kappa shape index (κ3) is 4.90. The largest absolute Gasteiger partial charge is 0.497 e. The molecule has 1 unspecified atom stereocenters. The van der Waals surface area contributed by atoms with Crippen LogP contribution in [0.15, 0.2) is 36.4 Å². The number of aryl methyl sites for hydroxylation is 1. The SMILES string of the molecule is CCn1c(-c2cccc(OC)c2)nc2cc(NC(C)=O)cc(C(=O)N(C)CC3COCCO3)c21. The van der Waals surface area contributed by atoms with E-state index in [4.69, 9.17) is 19.2 Å². The fraction of sp³-hybridized carbons (Fsp3) is 0.400. The third-order valence-electron chi connectivity index (χ3n) is 5.75. The lowest BCUT2D eigenvalue weighted by Gasteiger charge is -2.27. The Bertz CT molecular complexity index is 1200. The quantitative estimate of drug-likeness (QED) is 0.575. The van der Waals surface area contributed by atoms with Crippen LogP contribution in [-0.4, -0.2) is 72.9 Å². The van der Waals surface area contributed by atoms with Crippen molar-refractivity contribution in [3.63, 3.8) is 0 Å². The summed E-state index contributed by atoms with van der Waals surface area (Å²) < 4.78 is 18.6. The standard InChI is InChI=1S/C25H30N4O5/c1-5-29-23-21(25(31)28(3)14-20-15-33-9-10-34-20)12-18(26-16(2)30)13-22(23)27-24(29)17-7-6-8-19(11-17)32-4/h6-8,11-13,20H,5,9-10,14-15H2,1-4H3,(H,26,30). The van der Waals surface area contributed by atoms with E-state index in [0.29, 0.717) is 55.2 Å². The van der Waals surface area contributed by atoms with Gasteiger partial charge in [-0.05, 0) is 31.2 Å². The topological polar surface area (TPSA) is 94.9 Å². The number of ether oxygens (including phenoxy) is 3. The summed E-state index contributed by atoms with van der Waals surface area (Å²) in [5, 5.41) is 2.79. The molecule has 2 amide bonds. The van der Waals surface area contributed by atoms with Crippen LogP contribution in [-0.2, 0) is 20.8 Å². The summed E-state index contributed by atoms with van der Waals surface area (Å²) in [5.41, 5.74) is 3.20. The van der Waals surface area contributed by atoms with E-state index in [-0.39, 0.29) is 17.9 Å². The van der Waals surface area contributed by atoms with Gasteiger partial charge >= 0.3 is 0 Å². The Kier molecular flexibility index (Phi) is 7.14. The molecule has 0 bridgehead atoms. The maximum atomic E-state index is 13.6. The van der Waals surface area contributed by atoms with Crippen LogP contribution in [0.25, 0.3) is 22.4 Å². The molecule has 3 aromatic rings. The van der Waals surface area contributed by atoms with E-state index in [1.165, 1.54) is 6.92 Å². The second-order valence-electron chi connectivity index (χ2n) is 8.24. The van der Waals surface area contributed by atoms with Gasteiger partial charge < -0.3 is 29.0 Å². The first-order valence-electron chi connectivity index (χ1n) is 11.3. The minimum absolute atomic E-state index is 0.180. The van der Waals surface area contributed by atoms with Crippen molar-refractivity contribution in [3.8, 4) is 17.1 Å². The minimum atomic E-state index is -0.221. The number of amides is 2. The average Bonchev–Trinajstić information content (AvgIpc) is 3.22. The lowest BCUT2D eigenvalue weighted by Crippen LogP contribution is -2.41. The van der Waals surface area contributed by atoms with Gasteiger partial charge in [0.2, 0.25) is 5.91 Å². The molecular formula is C25H30N4O5. The third-order valence-corrected chi connectivity index (χ3v) is 5.75. The molecule has 1 saturated heterocycles. The van der Waals surface area contributed by atoms with Gasteiger partial charge in [0.1, 0.15) is 11.6 Å². The Balaban J connectivity index is 1.82. The van der Waals surface area contributed by atoms with E-state index in [1.54, 1.807) is 31.2 Å². The number of fused-ring (bicyclic) bond motifs is 1. The summed E-state index contributed by atoms with van der Waals surface area (Å²) in [6, 6.07) is 11.2. The summed E-state index contributed by atoms with van der Waals surface area (Å²) in [6.45, 7) is 5.98. The predicted molar refractivity (Wildman–Crippen MR) is 129 cm³/mol. The van der Waals surface area contributed by atoms with Crippen molar-refractivity contribution in [1.82, 2.24) is 14.5 Å². The summed E-state index contributed by atoms with van der Waals surface area (Å²) >= 11 is 0. The molecule has 0 radical (unpaired) electrons. The highest BCUT2D eigenvalue weighted by Gasteiger charge is 2.25. The van der Waals surface area contributed by atoms with Crippen LogP contribution in [0.3, 0.4) is 0 Å². The zero-order valence-electron chi connectivity index (χ0n) is 20.0. The van der Waals surface area contributed by atoms with Gasteiger partial charge in [0, 0.05) is 38.3 Å². The number of benzene rings is 2. The highest BCUT2D eigenvalue weighted by atomic mass is 16.6. The molecule has 9 heteroatoms. The molecule has 2 aromatic carbocycles. The zero-order chi connectivity index (χ0) is 24.2. The van der Waals surface area contributed by atoms with Crippen molar-refractivity contribution in [2.24, 2.45) is 0 Å². The van der Waals surface area contributed by atoms with Gasteiger partial charge in [-0.15, -0.1) is 0 Å². The normalized spacial score (nSPS) is 15.8. The van der Waals surface area contributed by atoms with Gasteiger partial charge in [0.15, 0.2) is 0 Å². The molecule has 1 aromatic heterocycles.